The van der Waals surface area contributed by atoms with Crippen LogP contribution in [0.4, 0.5) is 0 Å². The second kappa shape index (κ2) is 38.1. The number of rotatable bonds is 33. The number of phosphoric acid groups is 1. The molecule has 53 heavy (non-hydrogen) atoms. The van der Waals surface area contributed by atoms with Gasteiger partial charge in [-0.15, -0.1) is 0 Å². The summed E-state index contributed by atoms with van der Waals surface area (Å²) in [6.45, 7) is 3.27. The van der Waals surface area contributed by atoms with Gasteiger partial charge in [0.15, 0.2) is 6.10 Å². The molecule has 0 aliphatic carbocycles. The number of phosphoric ester groups is 1. The van der Waals surface area contributed by atoms with Crippen LogP contribution in [0.3, 0.4) is 0 Å². The van der Waals surface area contributed by atoms with Crippen molar-refractivity contribution in [1.82, 2.24) is 0 Å². The van der Waals surface area contributed by atoms with E-state index in [2.05, 4.69) is 105 Å². The maximum atomic E-state index is 12.5. The Kier molecular flexibility index (Phi) is 35.6. The zero-order chi connectivity index (χ0) is 38.9. The quantitative estimate of drug-likeness (QED) is 0.0290. The largest absolute Gasteiger partial charge is 0.472 e. The lowest BCUT2D eigenvalue weighted by atomic mass is 10.2. The summed E-state index contributed by atoms with van der Waals surface area (Å²) >= 11 is 0. The van der Waals surface area contributed by atoms with Crippen LogP contribution in [0.5, 0.6) is 0 Å². The Morgan fingerprint density at radius 1 is 0.585 bits per heavy atom. The summed E-state index contributed by atoms with van der Waals surface area (Å²) in [4.78, 5) is 34.7. The minimum Gasteiger partial charge on any atom is -0.461 e. The topological polar surface area (TPSA) is 134 Å². The average Bonchev–Trinajstić information content (AvgIpc) is 3.14. The van der Waals surface area contributed by atoms with Gasteiger partial charge in [0.25, 0.3) is 0 Å². The molecule has 2 atom stereocenters. The molecular weight excluding hydrogens is 689 g/mol. The number of allylic oxidation sites excluding steroid dienone is 19. The molecule has 9 nitrogen and oxygen atoms in total. The van der Waals surface area contributed by atoms with E-state index in [-0.39, 0.29) is 32.6 Å². The first kappa shape index (κ1) is 49.4. The monoisotopic (exact) mass is 755 g/mol. The molecule has 2 unspecified atom stereocenters. The third kappa shape index (κ3) is 38.0. The third-order valence-corrected chi connectivity index (χ3v) is 7.86. The van der Waals surface area contributed by atoms with Crippen molar-refractivity contribution in [2.45, 2.75) is 110 Å². The van der Waals surface area contributed by atoms with Crippen LogP contribution >= 0.6 is 7.82 Å². The number of nitrogens with two attached hydrogens (primary N) is 1. The molecule has 0 amide bonds. The van der Waals surface area contributed by atoms with Crippen LogP contribution in [-0.2, 0) is 32.7 Å². The van der Waals surface area contributed by atoms with Crippen molar-refractivity contribution in [2.24, 2.45) is 5.73 Å². The first-order valence-electron chi connectivity index (χ1n) is 19.0. The molecule has 0 spiro atoms. The van der Waals surface area contributed by atoms with Crippen molar-refractivity contribution in [3.63, 3.8) is 0 Å². The molecule has 10 heteroatoms. The molecule has 0 aliphatic rings. The highest BCUT2D eigenvalue weighted by Crippen LogP contribution is 2.43. The van der Waals surface area contributed by atoms with Crippen LogP contribution in [0.25, 0.3) is 0 Å². The predicted octanol–water partition coefficient (Wildman–Crippen LogP) is 10.6. The van der Waals surface area contributed by atoms with Crippen molar-refractivity contribution in [3.8, 4) is 0 Å². The lowest BCUT2D eigenvalue weighted by Gasteiger charge is -2.19. The average molecular weight is 756 g/mol. The van der Waals surface area contributed by atoms with Gasteiger partial charge in [0.2, 0.25) is 0 Å². The first-order valence-corrected chi connectivity index (χ1v) is 20.5. The summed E-state index contributed by atoms with van der Waals surface area (Å²) in [7, 11) is -4.42. The van der Waals surface area contributed by atoms with Gasteiger partial charge in [-0.05, 0) is 77.0 Å². The smallest absolute Gasteiger partial charge is 0.461 e. The molecule has 0 aromatic heterocycles. The predicted molar refractivity (Wildman–Crippen MR) is 219 cm³/mol. The normalized spacial score (nSPS) is 14.7. The Bertz CT molecular complexity index is 1270. The summed E-state index contributed by atoms with van der Waals surface area (Å²) in [6, 6.07) is 0. The Morgan fingerprint density at radius 2 is 1.00 bits per heavy atom. The highest BCUT2D eigenvalue weighted by Gasteiger charge is 2.25. The van der Waals surface area contributed by atoms with Crippen LogP contribution in [0, 0.1) is 0 Å². The second-order valence-electron chi connectivity index (χ2n) is 11.7. The van der Waals surface area contributed by atoms with Gasteiger partial charge in [0.05, 0.1) is 19.6 Å². The SMILES string of the molecule is CC/C=C\C/C=C\C/C=C\C/C=C\C/C=C\CCCC(=O)OC(COC(=O)C/C=C\C/C=C\C/C=C\C/C=C\C/C=C\CC)COP(=O)(O)OCCN. The highest BCUT2D eigenvalue weighted by molar-refractivity contribution is 7.47. The van der Waals surface area contributed by atoms with Crippen molar-refractivity contribution in [1.29, 1.82) is 0 Å². The van der Waals surface area contributed by atoms with Crippen LogP contribution in [0.2, 0.25) is 0 Å². The van der Waals surface area contributed by atoms with E-state index in [1.807, 2.05) is 24.3 Å². The minimum atomic E-state index is -4.42. The number of esters is 2. The minimum absolute atomic E-state index is 0.0254. The van der Waals surface area contributed by atoms with Gasteiger partial charge < -0.3 is 20.1 Å². The molecule has 0 heterocycles. The van der Waals surface area contributed by atoms with Gasteiger partial charge >= 0.3 is 19.8 Å². The van der Waals surface area contributed by atoms with E-state index in [1.165, 1.54) is 0 Å². The highest BCUT2D eigenvalue weighted by atomic mass is 31.2. The number of unbranched alkanes of at least 4 members (excludes halogenated alkanes) is 1. The van der Waals surface area contributed by atoms with Crippen molar-refractivity contribution in [3.05, 3.63) is 122 Å². The van der Waals surface area contributed by atoms with E-state index >= 15 is 0 Å². The maximum Gasteiger partial charge on any atom is 0.472 e. The molecule has 0 rings (SSSR count). The fourth-order valence-electron chi connectivity index (χ4n) is 4.15. The molecule has 296 valence electrons. The van der Waals surface area contributed by atoms with E-state index in [0.29, 0.717) is 19.3 Å². The molecule has 0 saturated carbocycles. The van der Waals surface area contributed by atoms with Gasteiger partial charge in [0, 0.05) is 13.0 Å². The van der Waals surface area contributed by atoms with E-state index in [0.717, 1.165) is 57.8 Å². The maximum absolute atomic E-state index is 12.5. The molecule has 0 aromatic rings. The van der Waals surface area contributed by atoms with Gasteiger partial charge in [-0.3, -0.25) is 18.6 Å². The number of hydrogen-bond acceptors (Lipinski definition) is 8. The fourth-order valence-corrected chi connectivity index (χ4v) is 4.92. The van der Waals surface area contributed by atoms with Gasteiger partial charge in [-0.1, -0.05) is 135 Å². The van der Waals surface area contributed by atoms with Crippen molar-refractivity contribution >= 4 is 19.8 Å². The summed E-state index contributed by atoms with van der Waals surface area (Å²) < 4.78 is 32.5. The Balaban J connectivity index is 4.50. The standard InChI is InChI=1S/C43H66NO8P/c1-3-5-7-9-11-13-15-17-19-20-22-24-26-28-30-32-34-36-43(46)52-41(40-51-53(47,48)50-38-37-44)39-49-42(45)35-33-31-29-27-25-23-21-18-16-14-12-10-8-6-4-2/h5-8,11-14,17-19,21-22,24-25,27-28,30-31,33,41H,3-4,9-10,15-16,20,23,26,29,32,34-40,44H2,1-2H3,(H,47,48)/b7-5-,8-6-,13-11-,14-12-,19-17-,21-18-,24-22-,27-25-,30-28-,33-31-. The van der Waals surface area contributed by atoms with E-state index < -0.39 is 32.5 Å². The molecule has 0 fully saturated rings. The zero-order valence-electron chi connectivity index (χ0n) is 32.2. The molecule has 0 radical (unpaired) electrons. The van der Waals surface area contributed by atoms with Crippen molar-refractivity contribution in [2.75, 3.05) is 26.4 Å². The summed E-state index contributed by atoms with van der Waals surface area (Å²) in [5.41, 5.74) is 5.32. The Hall–Kier alpha value is -3.59. The van der Waals surface area contributed by atoms with Crippen LogP contribution < -0.4 is 5.73 Å². The first-order chi connectivity index (χ1) is 25.8. The van der Waals surface area contributed by atoms with Crippen LogP contribution in [0.1, 0.15) is 104 Å². The van der Waals surface area contributed by atoms with Crippen molar-refractivity contribution < 1.29 is 37.6 Å². The molecule has 0 aromatic carbocycles. The Labute approximate surface area is 320 Å². The molecule has 0 bridgehead atoms. The molecule has 3 N–H and O–H groups in total. The zero-order valence-corrected chi connectivity index (χ0v) is 33.1. The summed E-state index contributed by atoms with van der Waals surface area (Å²) in [5, 5.41) is 0. The number of carbonyl (C=O) groups is 2. The fraction of sp³-hybridized carbons (Fsp3) is 0.488. The Morgan fingerprint density at radius 3 is 1.43 bits per heavy atom. The lowest BCUT2D eigenvalue weighted by Crippen LogP contribution is -2.29. The number of ether oxygens (including phenoxy) is 2. The molecule has 0 aliphatic heterocycles. The van der Waals surface area contributed by atoms with Gasteiger partial charge in [-0.25, -0.2) is 4.57 Å². The van der Waals surface area contributed by atoms with Crippen LogP contribution in [0.15, 0.2) is 122 Å². The second-order valence-corrected chi connectivity index (χ2v) is 13.1. The summed E-state index contributed by atoms with van der Waals surface area (Å²) in [6.07, 6.45) is 51.2. The molecule has 0 saturated heterocycles. The third-order valence-electron chi connectivity index (χ3n) is 6.88. The molecular formula is C43H66NO8P. The van der Waals surface area contributed by atoms with E-state index in [4.69, 9.17) is 24.3 Å². The number of hydrogen-bond donors (Lipinski definition) is 2. The lowest BCUT2D eigenvalue weighted by molar-refractivity contribution is -0.160. The van der Waals surface area contributed by atoms with Crippen LogP contribution in [-0.4, -0.2) is 49.3 Å². The van der Waals surface area contributed by atoms with Gasteiger partial charge in [-0.2, -0.15) is 0 Å². The summed E-state index contributed by atoms with van der Waals surface area (Å²) in [5.74, 6) is -1.06. The van der Waals surface area contributed by atoms with E-state index in [1.54, 1.807) is 6.08 Å². The van der Waals surface area contributed by atoms with E-state index in [9.17, 15) is 19.0 Å². The number of carbonyl (C=O) groups excluding carboxylic acids is 2. The van der Waals surface area contributed by atoms with Gasteiger partial charge in [0.1, 0.15) is 6.61 Å².